The van der Waals surface area contributed by atoms with Gasteiger partial charge in [0, 0.05) is 32.7 Å². The van der Waals surface area contributed by atoms with E-state index in [0.29, 0.717) is 6.54 Å². The SMILES string of the molecule is OCCNCc1ccc2c(c1)CN(CCO)C2. The number of nitrogens with one attached hydrogen (secondary N) is 1. The molecule has 0 saturated carbocycles. The summed E-state index contributed by atoms with van der Waals surface area (Å²) in [6, 6.07) is 6.52. The number of aliphatic hydroxyl groups excluding tert-OH is 2. The topological polar surface area (TPSA) is 55.7 Å². The lowest BCUT2D eigenvalue weighted by atomic mass is 10.1. The average molecular weight is 236 g/mol. The largest absolute Gasteiger partial charge is 0.395 e. The molecule has 0 aliphatic carbocycles. The van der Waals surface area contributed by atoms with Crippen LogP contribution in [0.1, 0.15) is 16.7 Å². The fraction of sp³-hybridized carbons (Fsp3) is 0.538. The lowest BCUT2D eigenvalue weighted by Gasteiger charge is -2.11. The molecule has 0 bridgehead atoms. The Bertz CT molecular complexity index is 368. The van der Waals surface area contributed by atoms with Gasteiger partial charge in [0.05, 0.1) is 13.2 Å². The maximum Gasteiger partial charge on any atom is 0.0558 e. The Balaban J connectivity index is 1.95. The number of hydrogen-bond acceptors (Lipinski definition) is 4. The number of nitrogens with zero attached hydrogens (tertiary/aromatic N) is 1. The van der Waals surface area contributed by atoms with Gasteiger partial charge in [0.1, 0.15) is 0 Å². The number of fused-ring (bicyclic) bond motifs is 1. The van der Waals surface area contributed by atoms with E-state index in [9.17, 15) is 0 Å². The third-order valence-corrected chi connectivity index (χ3v) is 3.09. The van der Waals surface area contributed by atoms with Gasteiger partial charge in [0.2, 0.25) is 0 Å². The molecule has 1 aliphatic rings. The van der Waals surface area contributed by atoms with Crippen molar-refractivity contribution in [1.82, 2.24) is 10.2 Å². The summed E-state index contributed by atoms with van der Waals surface area (Å²) in [4.78, 5) is 2.25. The molecule has 1 aliphatic heterocycles. The van der Waals surface area contributed by atoms with E-state index in [0.717, 1.165) is 26.2 Å². The molecule has 0 spiro atoms. The van der Waals surface area contributed by atoms with Crippen LogP contribution in [0.25, 0.3) is 0 Å². The van der Waals surface area contributed by atoms with Gasteiger partial charge in [0.25, 0.3) is 0 Å². The van der Waals surface area contributed by atoms with E-state index >= 15 is 0 Å². The van der Waals surface area contributed by atoms with E-state index in [1.165, 1.54) is 16.7 Å². The molecule has 0 atom stereocenters. The second kappa shape index (κ2) is 6.12. The minimum atomic E-state index is 0.176. The molecular weight excluding hydrogens is 216 g/mol. The second-order valence-corrected chi connectivity index (χ2v) is 4.44. The number of β-amino-alcohol motifs (C(OH)–C–C–N with tert-alkyl or cyclic N) is 1. The van der Waals surface area contributed by atoms with Crippen molar-refractivity contribution in [3.05, 3.63) is 34.9 Å². The lowest BCUT2D eigenvalue weighted by molar-refractivity contribution is 0.198. The molecule has 1 aromatic rings. The molecule has 2 rings (SSSR count). The van der Waals surface area contributed by atoms with Gasteiger partial charge in [0.15, 0.2) is 0 Å². The third kappa shape index (κ3) is 3.26. The maximum absolute atomic E-state index is 8.93. The molecule has 17 heavy (non-hydrogen) atoms. The van der Waals surface area contributed by atoms with Gasteiger partial charge in [-0.15, -0.1) is 0 Å². The van der Waals surface area contributed by atoms with E-state index in [2.05, 4.69) is 28.4 Å². The predicted molar refractivity (Wildman–Crippen MR) is 66.4 cm³/mol. The van der Waals surface area contributed by atoms with Crippen molar-refractivity contribution in [3.8, 4) is 0 Å². The first-order valence-electron chi connectivity index (χ1n) is 6.09. The van der Waals surface area contributed by atoms with E-state index in [1.54, 1.807) is 0 Å². The van der Waals surface area contributed by atoms with Crippen LogP contribution >= 0.6 is 0 Å². The Labute approximate surface area is 102 Å². The number of rotatable bonds is 6. The maximum atomic E-state index is 8.93. The summed E-state index contributed by atoms with van der Waals surface area (Å²) in [5.74, 6) is 0. The zero-order chi connectivity index (χ0) is 12.1. The molecule has 0 fully saturated rings. The molecular formula is C13H20N2O2. The Hall–Kier alpha value is -0.940. The standard InChI is InChI=1S/C13H20N2O2/c16-5-3-14-8-11-1-2-12-9-15(4-6-17)10-13(12)7-11/h1-2,7,14,16-17H,3-6,8-10H2. The number of aliphatic hydroxyl groups is 2. The van der Waals surface area contributed by atoms with E-state index in [1.807, 2.05) is 0 Å². The highest BCUT2D eigenvalue weighted by Crippen LogP contribution is 2.23. The Morgan fingerprint density at radius 3 is 2.71 bits per heavy atom. The monoisotopic (exact) mass is 236 g/mol. The molecule has 1 heterocycles. The Morgan fingerprint density at radius 1 is 1.12 bits per heavy atom. The summed E-state index contributed by atoms with van der Waals surface area (Å²) in [5, 5.41) is 20.8. The zero-order valence-electron chi connectivity index (χ0n) is 10.0. The first-order valence-corrected chi connectivity index (χ1v) is 6.09. The van der Waals surface area contributed by atoms with Crippen molar-refractivity contribution >= 4 is 0 Å². The first kappa shape index (κ1) is 12.5. The summed E-state index contributed by atoms with van der Waals surface area (Å²) >= 11 is 0. The van der Waals surface area contributed by atoms with Crippen LogP contribution in [-0.2, 0) is 19.6 Å². The summed E-state index contributed by atoms with van der Waals surface area (Å²) in [6.45, 7) is 4.45. The van der Waals surface area contributed by atoms with Crippen LogP contribution in [0, 0.1) is 0 Å². The van der Waals surface area contributed by atoms with Gasteiger partial charge >= 0.3 is 0 Å². The Morgan fingerprint density at radius 2 is 1.94 bits per heavy atom. The first-order chi connectivity index (χ1) is 8.33. The summed E-state index contributed by atoms with van der Waals surface area (Å²) < 4.78 is 0. The molecule has 0 unspecified atom stereocenters. The van der Waals surface area contributed by atoms with Gasteiger partial charge in [-0.25, -0.2) is 0 Å². The fourth-order valence-electron chi connectivity index (χ4n) is 2.24. The molecule has 0 saturated heterocycles. The Kier molecular flexibility index (Phi) is 4.50. The normalized spacial score (nSPS) is 15.2. The molecule has 0 amide bonds. The van der Waals surface area contributed by atoms with Crippen LogP contribution in [0.3, 0.4) is 0 Å². The highest BCUT2D eigenvalue weighted by Gasteiger charge is 2.18. The van der Waals surface area contributed by atoms with Gasteiger partial charge in [-0.1, -0.05) is 18.2 Å². The fourth-order valence-corrected chi connectivity index (χ4v) is 2.24. The second-order valence-electron chi connectivity index (χ2n) is 4.44. The number of hydrogen-bond donors (Lipinski definition) is 3. The van der Waals surface area contributed by atoms with Crippen molar-refractivity contribution in [3.63, 3.8) is 0 Å². The zero-order valence-corrected chi connectivity index (χ0v) is 10.0. The van der Waals surface area contributed by atoms with Crippen molar-refractivity contribution in [2.75, 3.05) is 26.3 Å². The van der Waals surface area contributed by atoms with Crippen molar-refractivity contribution in [2.24, 2.45) is 0 Å². The summed E-state index contributed by atoms with van der Waals surface area (Å²) in [6.07, 6.45) is 0. The highest BCUT2D eigenvalue weighted by molar-refractivity contribution is 5.34. The van der Waals surface area contributed by atoms with Crippen molar-refractivity contribution in [1.29, 1.82) is 0 Å². The quantitative estimate of drug-likeness (QED) is 0.612. The minimum absolute atomic E-state index is 0.176. The van der Waals surface area contributed by atoms with Crippen LogP contribution in [-0.4, -0.2) is 41.4 Å². The van der Waals surface area contributed by atoms with E-state index < -0.39 is 0 Å². The lowest BCUT2D eigenvalue weighted by Crippen LogP contribution is -2.20. The highest BCUT2D eigenvalue weighted by atomic mass is 16.3. The molecule has 94 valence electrons. The van der Waals surface area contributed by atoms with Gasteiger partial charge in [-0.2, -0.15) is 0 Å². The van der Waals surface area contributed by atoms with E-state index in [4.69, 9.17) is 10.2 Å². The van der Waals surface area contributed by atoms with Crippen LogP contribution in [0.2, 0.25) is 0 Å². The van der Waals surface area contributed by atoms with Crippen LogP contribution in [0.15, 0.2) is 18.2 Å². The summed E-state index contributed by atoms with van der Waals surface area (Å²) in [7, 11) is 0. The molecule has 3 N–H and O–H groups in total. The van der Waals surface area contributed by atoms with Crippen LogP contribution < -0.4 is 5.32 Å². The molecule has 1 aromatic carbocycles. The molecule has 4 nitrogen and oxygen atoms in total. The third-order valence-electron chi connectivity index (χ3n) is 3.09. The smallest absolute Gasteiger partial charge is 0.0558 e. The van der Waals surface area contributed by atoms with Gasteiger partial charge < -0.3 is 15.5 Å². The number of benzene rings is 1. The van der Waals surface area contributed by atoms with Crippen LogP contribution in [0.5, 0.6) is 0 Å². The average Bonchev–Trinajstić information content (AvgIpc) is 2.71. The van der Waals surface area contributed by atoms with Crippen LogP contribution in [0.4, 0.5) is 0 Å². The van der Waals surface area contributed by atoms with Gasteiger partial charge in [-0.3, -0.25) is 4.90 Å². The van der Waals surface area contributed by atoms with Gasteiger partial charge in [-0.05, 0) is 16.7 Å². The van der Waals surface area contributed by atoms with Crippen molar-refractivity contribution < 1.29 is 10.2 Å². The summed E-state index contributed by atoms with van der Waals surface area (Å²) in [5.41, 5.74) is 3.98. The predicted octanol–water partition coefficient (Wildman–Crippen LogP) is 0.0764. The minimum Gasteiger partial charge on any atom is -0.395 e. The van der Waals surface area contributed by atoms with Crippen molar-refractivity contribution in [2.45, 2.75) is 19.6 Å². The molecule has 4 heteroatoms. The van der Waals surface area contributed by atoms with E-state index in [-0.39, 0.29) is 13.2 Å². The molecule has 0 aromatic heterocycles. The molecule has 0 radical (unpaired) electrons.